The van der Waals surface area contributed by atoms with Crippen LogP contribution in [0.15, 0.2) is 6.20 Å². The minimum atomic E-state index is -0.0297. The number of hydrogen-bond donors (Lipinski definition) is 0. The van der Waals surface area contributed by atoms with E-state index < -0.39 is 0 Å². The molecule has 0 aliphatic carbocycles. The van der Waals surface area contributed by atoms with Crippen molar-refractivity contribution < 1.29 is 4.74 Å². The molecule has 2 fully saturated rings. The summed E-state index contributed by atoms with van der Waals surface area (Å²) in [5, 5.41) is 8.89. The molecule has 0 radical (unpaired) electrons. The lowest BCUT2D eigenvalue weighted by Gasteiger charge is -2.34. The Morgan fingerprint density at radius 3 is 2.75 bits per heavy atom. The maximum atomic E-state index is 5.82. The smallest absolute Gasteiger partial charge is 0.0859 e. The molecule has 2 saturated heterocycles. The number of aromatic nitrogens is 3. The zero-order valence-electron chi connectivity index (χ0n) is 15.7. The van der Waals surface area contributed by atoms with Gasteiger partial charge in [0.1, 0.15) is 0 Å². The number of hydrogen-bond acceptors (Lipinski definition) is 4. The Balaban J connectivity index is 1.48. The average Bonchev–Trinajstić information content (AvgIpc) is 3.02. The van der Waals surface area contributed by atoms with Crippen LogP contribution in [0.3, 0.4) is 0 Å². The fourth-order valence-electron chi connectivity index (χ4n) is 4.11. The zero-order chi connectivity index (χ0) is 17.0. The van der Waals surface area contributed by atoms with Gasteiger partial charge in [-0.15, -0.1) is 5.10 Å². The largest absolute Gasteiger partial charge is 0.376 e. The van der Waals surface area contributed by atoms with Gasteiger partial charge >= 0.3 is 0 Å². The first-order chi connectivity index (χ1) is 11.6. The van der Waals surface area contributed by atoms with E-state index in [9.17, 15) is 0 Å². The third-order valence-electron chi connectivity index (χ3n) is 5.65. The van der Waals surface area contributed by atoms with E-state index in [-0.39, 0.29) is 5.60 Å². The summed E-state index contributed by atoms with van der Waals surface area (Å²) in [6, 6.07) is 0. The van der Waals surface area contributed by atoms with Gasteiger partial charge in [0.25, 0.3) is 0 Å². The number of nitrogens with zero attached hydrogens (tertiary/aromatic N) is 4. The Kier molecular flexibility index (Phi) is 5.93. The van der Waals surface area contributed by atoms with Crippen molar-refractivity contribution in [3.05, 3.63) is 11.9 Å². The second kappa shape index (κ2) is 7.96. The van der Waals surface area contributed by atoms with Crippen LogP contribution in [0.25, 0.3) is 0 Å². The highest BCUT2D eigenvalue weighted by Crippen LogP contribution is 2.34. The molecule has 1 atom stereocenters. The SMILES string of the molecule is CCCCN1CCC(Cn2cc(C3CCOC(C)(C)C3)nn2)CC1. The number of unbranched alkanes of at least 4 members (excludes halogenated alkanes) is 1. The van der Waals surface area contributed by atoms with Gasteiger partial charge in [0.2, 0.25) is 0 Å². The molecule has 136 valence electrons. The summed E-state index contributed by atoms with van der Waals surface area (Å²) in [5.74, 6) is 1.25. The quantitative estimate of drug-likeness (QED) is 0.799. The molecule has 24 heavy (non-hydrogen) atoms. The van der Waals surface area contributed by atoms with Crippen LogP contribution < -0.4 is 0 Å². The van der Waals surface area contributed by atoms with E-state index in [0.29, 0.717) is 5.92 Å². The maximum absolute atomic E-state index is 5.82. The van der Waals surface area contributed by atoms with Crippen molar-refractivity contribution in [3.63, 3.8) is 0 Å². The molecular formula is C19H34N4O. The Morgan fingerprint density at radius 2 is 2.04 bits per heavy atom. The molecule has 2 aliphatic rings. The summed E-state index contributed by atoms with van der Waals surface area (Å²) >= 11 is 0. The molecule has 0 N–H and O–H groups in total. The van der Waals surface area contributed by atoms with Gasteiger partial charge in [-0.25, -0.2) is 0 Å². The van der Waals surface area contributed by atoms with Crippen LogP contribution in [-0.2, 0) is 11.3 Å². The molecule has 0 bridgehead atoms. The number of likely N-dealkylation sites (tertiary alicyclic amines) is 1. The fourth-order valence-corrected chi connectivity index (χ4v) is 4.11. The Labute approximate surface area is 146 Å². The molecule has 0 amide bonds. The van der Waals surface area contributed by atoms with Gasteiger partial charge < -0.3 is 9.64 Å². The predicted molar refractivity (Wildman–Crippen MR) is 96.1 cm³/mol. The van der Waals surface area contributed by atoms with E-state index >= 15 is 0 Å². The molecule has 1 unspecified atom stereocenters. The lowest BCUT2D eigenvalue weighted by molar-refractivity contribution is -0.0598. The van der Waals surface area contributed by atoms with Crippen molar-refractivity contribution in [2.24, 2.45) is 5.92 Å². The summed E-state index contributed by atoms with van der Waals surface area (Å²) in [6.45, 7) is 12.3. The van der Waals surface area contributed by atoms with Crippen molar-refractivity contribution in [3.8, 4) is 0 Å². The molecule has 3 heterocycles. The van der Waals surface area contributed by atoms with Gasteiger partial charge in [0.05, 0.1) is 11.3 Å². The topological polar surface area (TPSA) is 43.2 Å². The van der Waals surface area contributed by atoms with Crippen molar-refractivity contribution in [1.82, 2.24) is 19.9 Å². The van der Waals surface area contributed by atoms with Gasteiger partial charge in [-0.05, 0) is 71.5 Å². The summed E-state index contributed by atoms with van der Waals surface area (Å²) in [7, 11) is 0. The van der Waals surface area contributed by atoms with E-state index in [4.69, 9.17) is 4.74 Å². The average molecular weight is 335 g/mol. The summed E-state index contributed by atoms with van der Waals surface area (Å²) in [6.07, 6.45) is 9.52. The lowest BCUT2D eigenvalue weighted by atomic mass is 9.86. The first kappa shape index (κ1) is 17.9. The fraction of sp³-hybridized carbons (Fsp3) is 0.895. The molecular weight excluding hydrogens is 300 g/mol. The van der Waals surface area contributed by atoms with Gasteiger partial charge in [-0.3, -0.25) is 4.68 Å². The van der Waals surface area contributed by atoms with Crippen LogP contribution in [-0.4, -0.2) is 51.7 Å². The van der Waals surface area contributed by atoms with Gasteiger partial charge in [0, 0.05) is 25.3 Å². The minimum Gasteiger partial charge on any atom is -0.376 e. The summed E-state index contributed by atoms with van der Waals surface area (Å²) in [4.78, 5) is 2.62. The first-order valence-electron chi connectivity index (χ1n) is 9.82. The molecule has 0 spiro atoms. The maximum Gasteiger partial charge on any atom is 0.0859 e. The summed E-state index contributed by atoms with van der Waals surface area (Å²) < 4.78 is 7.91. The molecule has 5 heteroatoms. The molecule has 2 aliphatic heterocycles. The zero-order valence-corrected chi connectivity index (χ0v) is 15.7. The monoisotopic (exact) mass is 334 g/mol. The second-order valence-corrected chi connectivity index (χ2v) is 8.30. The standard InChI is InChI=1S/C19H34N4O/c1-4-5-9-22-10-6-16(7-11-22)14-23-15-18(20-21-23)17-8-12-24-19(2,3)13-17/h15-17H,4-14H2,1-3H3. The molecule has 3 rings (SSSR count). The normalized spacial score (nSPS) is 25.9. The van der Waals surface area contributed by atoms with Crippen molar-refractivity contribution in [2.75, 3.05) is 26.2 Å². The number of rotatable bonds is 6. The van der Waals surface area contributed by atoms with Crippen LogP contribution in [0.5, 0.6) is 0 Å². The van der Waals surface area contributed by atoms with Gasteiger partial charge in [0.15, 0.2) is 0 Å². The molecule has 0 aromatic carbocycles. The van der Waals surface area contributed by atoms with Crippen molar-refractivity contribution in [1.29, 1.82) is 0 Å². The van der Waals surface area contributed by atoms with Gasteiger partial charge in [-0.2, -0.15) is 0 Å². The predicted octanol–water partition coefficient (Wildman–Crippen LogP) is 3.46. The third kappa shape index (κ3) is 4.79. The van der Waals surface area contributed by atoms with E-state index in [0.717, 1.165) is 37.6 Å². The first-order valence-corrected chi connectivity index (χ1v) is 9.82. The molecule has 1 aromatic heterocycles. The van der Waals surface area contributed by atoms with E-state index in [1.54, 1.807) is 0 Å². The van der Waals surface area contributed by atoms with E-state index in [2.05, 4.69) is 46.9 Å². The van der Waals surface area contributed by atoms with Crippen LogP contribution in [0.2, 0.25) is 0 Å². The Morgan fingerprint density at radius 1 is 1.25 bits per heavy atom. The summed E-state index contributed by atoms with van der Waals surface area (Å²) in [5.41, 5.74) is 1.13. The lowest BCUT2D eigenvalue weighted by Crippen LogP contribution is -2.35. The molecule has 1 aromatic rings. The van der Waals surface area contributed by atoms with E-state index in [1.165, 1.54) is 45.3 Å². The third-order valence-corrected chi connectivity index (χ3v) is 5.65. The highest BCUT2D eigenvalue weighted by atomic mass is 16.5. The number of piperidine rings is 1. The van der Waals surface area contributed by atoms with Crippen molar-refractivity contribution in [2.45, 2.75) is 77.4 Å². The van der Waals surface area contributed by atoms with Crippen molar-refractivity contribution >= 4 is 0 Å². The minimum absolute atomic E-state index is 0.0297. The van der Waals surface area contributed by atoms with Crippen LogP contribution in [0, 0.1) is 5.92 Å². The highest BCUT2D eigenvalue weighted by molar-refractivity contribution is 5.05. The van der Waals surface area contributed by atoms with Crippen LogP contribution in [0.1, 0.15) is 70.9 Å². The second-order valence-electron chi connectivity index (χ2n) is 8.30. The van der Waals surface area contributed by atoms with E-state index in [1.807, 2.05) is 0 Å². The Hall–Kier alpha value is -0.940. The number of ether oxygens (including phenoxy) is 1. The van der Waals surface area contributed by atoms with Crippen LogP contribution >= 0.6 is 0 Å². The van der Waals surface area contributed by atoms with Gasteiger partial charge in [-0.1, -0.05) is 18.6 Å². The molecule has 0 saturated carbocycles. The highest BCUT2D eigenvalue weighted by Gasteiger charge is 2.31. The molecule has 5 nitrogen and oxygen atoms in total. The van der Waals surface area contributed by atoms with Crippen LogP contribution in [0.4, 0.5) is 0 Å². The Bertz CT molecular complexity index is 505.